The highest BCUT2D eigenvalue weighted by molar-refractivity contribution is 5.68. The van der Waals surface area contributed by atoms with Crippen molar-refractivity contribution in [3.63, 3.8) is 0 Å². The van der Waals surface area contributed by atoms with Crippen molar-refractivity contribution >= 4 is 5.97 Å². The zero-order chi connectivity index (χ0) is 14.6. The van der Waals surface area contributed by atoms with Gasteiger partial charge in [-0.1, -0.05) is 0 Å². The van der Waals surface area contributed by atoms with Gasteiger partial charge < -0.3 is 15.2 Å². The van der Waals surface area contributed by atoms with Gasteiger partial charge in [0, 0.05) is 12.1 Å². The lowest BCUT2D eigenvalue weighted by molar-refractivity contribution is -0.138. The van der Waals surface area contributed by atoms with Gasteiger partial charge >= 0.3 is 5.97 Å². The predicted octanol–water partition coefficient (Wildman–Crippen LogP) is 2.32. The molecule has 6 heteroatoms. The normalized spacial score (nSPS) is 11.4. The molecule has 4 nitrogen and oxygen atoms in total. The zero-order valence-electron chi connectivity index (χ0n) is 11.1. The predicted molar refractivity (Wildman–Crippen MR) is 66.1 cm³/mol. The first-order valence-electron chi connectivity index (χ1n) is 5.74. The summed E-state index contributed by atoms with van der Waals surface area (Å²) in [4.78, 5) is 10.7. The summed E-state index contributed by atoms with van der Waals surface area (Å²) >= 11 is 0. The summed E-state index contributed by atoms with van der Waals surface area (Å²) in [6.45, 7) is 3.66. The van der Waals surface area contributed by atoms with Crippen molar-refractivity contribution in [3.05, 3.63) is 29.3 Å². The number of hydrogen-bond donors (Lipinski definition) is 2. The molecule has 0 aliphatic carbocycles. The van der Waals surface area contributed by atoms with E-state index in [2.05, 4.69) is 5.32 Å². The number of ether oxygens (including phenoxy) is 1. The Hall–Kier alpha value is -1.69. The number of rotatable bonds is 6. The molecule has 0 saturated carbocycles. The van der Waals surface area contributed by atoms with Gasteiger partial charge in [0.25, 0.3) is 0 Å². The summed E-state index contributed by atoms with van der Waals surface area (Å²) in [6, 6.07) is 2.43. The first kappa shape index (κ1) is 15.4. The molecule has 0 unspecified atom stereocenters. The third-order valence-electron chi connectivity index (χ3n) is 2.64. The molecule has 0 bridgehead atoms. The first-order chi connectivity index (χ1) is 8.75. The molecule has 106 valence electrons. The van der Waals surface area contributed by atoms with Crippen LogP contribution in [0.2, 0.25) is 0 Å². The van der Waals surface area contributed by atoms with Crippen molar-refractivity contribution in [2.24, 2.45) is 0 Å². The molecule has 1 rings (SSSR count). The molecule has 1 aromatic carbocycles. The summed E-state index contributed by atoms with van der Waals surface area (Å²) in [5.74, 6) is -3.13. The number of carbonyl (C=O) groups is 1. The van der Waals surface area contributed by atoms with E-state index in [0.29, 0.717) is 5.56 Å². The van der Waals surface area contributed by atoms with Crippen molar-refractivity contribution in [1.29, 1.82) is 0 Å². The summed E-state index contributed by atoms with van der Waals surface area (Å²) in [6.07, 6.45) is -0.0756. The smallest absolute Gasteiger partial charge is 0.305 e. The van der Waals surface area contributed by atoms with Crippen LogP contribution in [0, 0.1) is 11.6 Å². The Bertz CT molecular complexity index is 475. The molecular weight excluding hydrogens is 256 g/mol. The Morgan fingerprint density at radius 1 is 1.42 bits per heavy atom. The quantitative estimate of drug-likeness (QED) is 0.835. The van der Waals surface area contributed by atoms with Gasteiger partial charge in [0.2, 0.25) is 5.82 Å². The number of carboxylic acid groups (broad SMARTS) is 1. The molecule has 0 amide bonds. The van der Waals surface area contributed by atoms with E-state index in [9.17, 15) is 13.6 Å². The summed E-state index contributed by atoms with van der Waals surface area (Å²) in [7, 11) is 1.25. The minimum atomic E-state index is -1.03. The molecule has 0 aromatic heterocycles. The maximum atomic E-state index is 13.3. The van der Waals surface area contributed by atoms with E-state index in [1.165, 1.54) is 13.2 Å². The Morgan fingerprint density at radius 3 is 2.58 bits per heavy atom. The van der Waals surface area contributed by atoms with E-state index < -0.39 is 23.1 Å². The number of benzene rings is 1. The van der Waals surface area contributed by atoms with Crippen LogP contribution in [0.4, 0.5) is 8.78 Å². The van der Waals surface area contributed by atoms with E-state index in [-0.39, 0.29) is 18.7 Å². The van der Waals surface area contributed by atoms with Gasteiger partial charge in [0.1, 0.15) is 0 Å². The highest BCUT2D eigenvalue weighted by Crippen LogP contribution is 2.22. The van der Waals surface area contributed by atoms with Gasteiger partial charge in [-0.2, -0.15) is 4.39 Å². The first-order valence-corrected chi connectivity index (χ1v) is 5.74. The monoisotopic (exact) mass is 273 g/mol. The van der Waals surface area contributed by atoms with Crippen LogP contribution in [-0.2, 0) is 11.3 Å². The third-order valence-corrected chi connectivity index (χ3v) is 2.64. The molecule has 0 saturated heterocycles. The molecule has 0 fully saturated rings. The van der Waals surface area contributed by atoms with Crippen molar-refractivity contribution in [1.82, 2.24) is 5.32 Å². The average molecular weight is 273 g/mol. The third kappa shape index (κ3) is 4.48. The molecule has 0 aliphatic heterocycles. The second kappa shape index (κ2) is 5.97. The fraction of sp³-hybridized carbons (Fsp3) is 0.462. The number of aliphatic carboxylic acids is 1. The maximum Gasteiger partial charge on any atom is 0.305 e. The van der Waals surface area contributed by atoms with Crippen molar-refractivity contribution < 1.29 is 23.4 Å². The van der Waals surface area contributed by atoms with Gasteiger partial charge in [-0.25, -0.2) is 4.39 Å². The topological polar surface area (TPSA) is 58.6 Å². The van der Waals surface area contributed by atoms with Gasteiger partial charge in [0.15, 0.2) is 11.6 Å². The van der Waals surface area contributed by atoms with Crippen LogP contribution >= 0.6 is 0 Å². The van der Waals surface area contributed by atoms with E-state index >= 15 is 0 Å². The van der Waals surface area contributed by atoms with Crippen LogP contribution in [0.1, 0.15) is 25.8 Å². The van der Waals surface area contributed by atoms with Crippen LogP contribution in [0.5, 0.6) is 5.75 Å². The SMILES string of the molecule is COc1cc(CNC(C)(C)CC(=O)O)cc(F)c1F. The standard InChI is InChI=1S/C13H17F2NO3/c1-13(2,6-11(17)18)16-7-8-4-9(14)12(15)10(5-8)19-3/h4-5,16H,6-7H2,1-3H3,(H,17,18). The zero-order valence-corrected chi connectivity index (χ0v) is 11.1. The fourth-order valence-electron chi connectivity index (χ4n) is 1.65. The molecule has 0 spiro atoms. The molecule has 2 N–H and O–H groups in total. The Labute approximate surface area is 110 Å². The number of methoxy groups -OCH3 is 1. The fourth-order valence-corrected chi connectivity index (χ4v) is 1.65. The Kier molecular flexibility index (Phi) is 4.83. The molecule has 0 radical (unpaired) electrons. The second-order valence-electron chi connectivity index (χ2n) is 4.90. The average Bonchev–Trinajstić information content (AvgIpc) is 2.29. The van der Waals surface area contributed by atoms with Gasteiger partial charge in [-0.05, 0) is 31.5 Å². The summed E-state index contributed by atoms with van der Waals surface area (Å²) < 4.78 is 31.2. The number of halogens is 2. The van der Waals surface area contributed by atoms with Gasteiger partial charge in [0.05, 0.1) is 13.5 Å². The minimum absolute atomic E-state index is 0.0756. The van der Waals surface area contributed by atoms with Crippen LogP contribution in [0.3, 0.4) is 0 Å². The number of hydrogen-bond acceptors (Lipinski definition) is 3. The molecule has 19 heavy (non-hydrogen) atoms. The largest absolute Gasteiger partial charge is 0.494 e. The molecule has 0 heterocycles. The van der Waals surface area contributed by atoms with E-state index in [1.807, 2.05) is 0 Å². The lowest BCUT2D eigenvalue weighted by Crippen LogP contribution is -2.40. The molecule has 0 atom stereocenters. The highest BCUT2D eigenvalue weighted by Gasteiger charge is 2.21. The number of carboxylic acids is 1. The molecular formula is C13H17F2NO3. The Balaban J connectivity index is 2.78. The van der Waals surface area contributed by atoms with Crippen molar-refractivity contribution in [2.75, 3.05) is 7.11 Å². The van der Waals surface area contributed by atoms with E-state index in [1.54, 1.807) is 13.8 Å². The molecule has 0 aliphatic rings. The Morgan fingerprint density at radius 2 is 2.05 bits per heavy atom. The highest BCUT2D eigenvalue weighted by atomic mass is 19.2. The summed E-state index contributed by atoms with van der Waals surface area (Å²) in [5.41, 5.74) is -0.168. The van der Waals surface area contributed by atoms with E-state index in [0.717, 1.165) is 6.07 Å². The summed E-state index contributed by atoms with van der Waals surface area (Å²) in [5, 5.41) is 11.7. The lowest BCUT2D eigenvalue weighted by Gasteiger charge is -2.24. The van der Waals surface area contributed by atoms with Crippen LogP contribution in [0.15, 0.2) is 12.1 Å². The maximum absolute atomic E-state index is 13.3. The molecule has 1 aromatic rings. The number of nitrogens with one attached hydrogen (secondary N) is 1. The van der Waals surface area contributed by atoms with Crippen molar-refractivity contribution in [3.8, 4) is 5.75 Å². The second-order valence-corrected chi connectivity index (χ2v) is 4.90. The minimum Gasteiger partial charge on any atom is -0.494 e. The van der Waals surface area contributed by atoms with Gasteiger partial charge in [-0.3, -0.25) is 4.79 Å². The van der Waals surface area contributed by atoms with Crippen molar-refractivity contribution in [2.45, 2.75) is 32.4 Å². The van der Waals surface area contributed by atoms with Gasteiger partial charge in [-0.15, -0.1) is 0 Å². The van der Waals surface area contributed by atoms with Crippen LogP contribution < -0.4 is 10.1 Å². The van der Waals surface area contributed by atoms with Crippen LogP contribution in [0.25, 0.3) is 0 Å². The lowest BCUT2D eigenvalue weighted by atomic mass is 10.0. The van der Waals surface area contributed by atoms with Crippen LogP contribution in [-0.4, -0.2) is 23.7 Å². The van der Waals surface area contributed by atoms with E-state index in [4.69, 9.17) is 9.84 Å².